The van der Waals surface area contributed by atoms with Crippen molar-refractivity contribution < 1.29 is 9.53 Å². The number of ether oxygens (including phenoxy) is 1. The smallest absolute Gasteiger partial charge is 0.257 e. The lowest BCUT2D eigenvalue weighted by Crippen LogP contribution is -2.24. The number of likely N-dealkylation sites (N-methyl/N-ethyl adjacent to an activating group) is 1. The van der Waals surface area contributed by atoms with Gasteiger partial charge in [0.1, 0.15) is 5.75 Å². The molecule has 0 radical (unpaired) electrons. The monoisotopic (exact) mass is 243 g/mol. The fraction of sp³-hybridized carbons (Fsp3) is 0.222. The lowest BCUT2D eigenvalue weighted by molar-refractivity contribution is -0.122. The number of carbonyl (C=O) groups is 1. The standard InChI is InChI=1S/C9H10BrNO2/c1-11-9(12)6-13-8-4-2-7(10)3-5-8/h2-5H,6H2,1H3,(H,11,12). The van der Waals surface area contributed by atoms with Gasteiger partial charge in [-0.3, -0.25) is 4.79 Å². The molecule has 0 aliphatic carbocycles. The SMILES string of the molecule is CNC(=O)COc1ccc(Br)cc1. The van der Waals surface area contributed by atoms with Crippen LogP contribution in [0.25, 0.3) is 0 Å². The fourth-order valence-corrected chi connectivity index (χ4v) is 1.02. The molecule has 0 saturated carbocycles. The van der Waals surface area contributed by atoms with Crippen LogP contribution in [0.5, 0.6) is 5.75 Å². The van der Waals surface area contributed by atoms with Crippen LogP contribution < -0.4 is 10.1 Å². The van der Waals surface area contributed by atoms with Gasteiger partial charge in [0.05, 0.1) is 0 Å². The Balaban J connectivity index is 2.46. The van der Waals surface area contributed by atoms with Gasteiger partial charge in [0.25, 0.3) is 5.91 Å². The van der Waals surface area contributed by atoms with E-state index < -0.39 is 0 Å². The molecule has 0 spiro atoms. The highest BCUT2D eigenvalue weighted by Crippen LogP contribution is 2.15. The maximum Gasteiger partial charge on any atom is 0.257 e. The third kappa shape index (κ3) is 3.46. The van der Waals surface area contributed by atoms with Crippen molar-refractivity contribution in [3.05, 3.63) is 28.7 Å². The van der Waals surface area contributed by atoms with Gasteiger partial charge < -0.3 is 10.1 Å². The highest BCUT2D eigenvalue weighted by molar-refractivity contribution is 9.10. The Bertz CT molecular complexity index is 284. The van der Waals surface area contributed by atoms with E-state index in [2.05, 4.69) is 21.2 Å². The number of amides is 1. The largest absolute Gasteiger partial charge is 0.484 e. The third-order valence-corrected chi connectivity index (χ3v) is 1.99. The minimum absolute atomic E-state index is 0.0537. The molecular weight excluding hydrogens is 234 g/mol. The Labute approximate surface area is 85.2 Å². The lowest BCUT2D eigenvalue weighted by Gasteiger charge is -2.04. The topological polar surface area (TPSA) is 38.3 Å². The predicted molar refractivity (Wildman–Crippen MR) is 53.7 cm³/mol. The Kier molecular flexibility index (Phi) is 3.76. The van der Waals surface area contributed by atoms with Gasteiger partial charge in [-0.2, -0.15) is 0 Å². The molecule has 1 N–H and O–H groups in total. The molecule has 1 rings (SSSR count). The van der Waals surface area contributed by atoms with Crippen LogP contribution in [0.15, 0.2) is 28.7 Å². The molecule has 70 valence electrons. The van der Waals surface area contributed by atoms with Gasteiger partial charge in [-0.15, -0.1) is 0 Å². The van der Waals surface area contributed by atoms with Crippen molar-refractivity contribution in [1.29, 1.82) is 0 Å². The van der Waals surface area contributed by atoms with Crippen molar-refractivity contribution in [3.8, 4) is 5.75 Å². The van der Waals surface area contributed by atoms with Crippen molar-refractivity contribution in [2.24, 2.45) is 0 Å². The van der Waals surface area contributed by atoms with Crippen LogP contribution in [0.2, 0.25) is 0 Å². The molecule has 1 amide bonds. The van der Waals surface area contributed by atoms with Gasteiger partial charge >= 0.3 is 0 Å². The van der Waals surface area contributed by atoms with E-state index in [1.165, 1.54) is 0 Å². The molecule has 0 saturated heterocycles. The first-order valence-corrected chi connectivity index (χ1v) is 4.60. The van der Waals surface area contributed by atoms with Crippen molar-refractivity contribution in [2.45, 2.75) is 0 Å². The van der Waals surface area contributed by atoms with Crippen molar-refractivity contribution in [1.82, 2.24) is 5.32 Å². The average Bonchev–Trinajstić information content (AvgIpc) is 2.16. The second-order valence-electron chi connectivity index (χ2n) is 2.42. The molecule has 3 nitrogen and oxygen atoms in total. The number of halogens is 1. The molecule has 0 heterocycles. The van der Waals surface area contributed by atoms with Crippen LogP contribution >= 0.6 is 15.9 Å². The molecular formula is C9H10BrNO2. The van der Waals surface area contributed by atoms with Gasteiger partial charge in [0, 0.05) is 11.5 Å². The van der Waals surface area contributed by atoms with Crippen molar-refractivity contribution in [2.75, 3.05) is 13.7 Å². The zero-order valence-electron chi connectivity index (χ0n) is 7.21. The van der Waals surface area contributed by atoms with Crippen LogP contribution in [-0.2, 0) is 4.79 Å². The van der Waals surface area contributed by atoms with Crippen LogP contribution in [0.1, 0.15) is 0 Å². The van der Waals surface area contributed by atoms with Gasteiger partial charge in [-0.1, -0.05) is 15.9 Å². The van der Waals surface area contributed by atoms with E-state index in [1.54, 1.807) is 19.2 Å². The quantitative estimate of drug-likeness (QED) is 0.876. The zero-order chi connectivity index (χ0) is 9.68. The molecule has 0 atom stereocenters. The summed E-state index contributed by atoms with van der Waals surface area (Å²) in [4.78, 5) is 10.8. The third-order valence-electron chi connectivity index (χ3n) is 1.46. The minimum atomic E-state index is -0.136. The summed E-state index contributed by atoms with van der Waals surface area (Å²) < 4.78 is 6.17. The Morgan fingerprint density at radius 3 is 2.62 bits per heavy atom. The normalized spacial score (nSPS) is 9.38. The first-order chi connectivity index (χ1) is 6.22. The highest BCUT2D eigenvalue weighted by Gasteiger charge is 1.98. The second kappa shape index (κ2) is 4.87. The molecule has 0 aliphatic rings. The summed E-state index contributed by atoms with van der Waals surface area (Å²) in [5.74, 6) is 0.551. The predicted octanol–water partition coefficient (Wildman–Crippen LogP) is 1.57. The molecule has 0 aromatic heterocycles. The molecule has 0 fully saturated rings. The van der Waals surface area contributed by atoms with Crippen molar-refractivity contribution in [3.63, 3.8) is 0 Å². The van der Waals surface area contributed by atoms with Gasteiger partial charge in [0.15, 0.2) is 6.61 Å². The first-order valence-electron chi connectivity index (χ1n) is 3.81. The van der Waals surface area contributed by atoms with Crippen LogP contribution in [0.4, 0.5) is 0 Å². The summed E-state index contributed by atoms with van der Waals surface area (Å²) in [6.07, 6.45) is 0. The summed E-state index contributed by atoms with van der Waals surface area (Å²) in [5, 5.41) is 2.47. The Morgan fingerprint density at radius 1 is 1.46 bits per heavy atom. The molecule has 0 unspecified atom stereocenters. The molecule has 1 aromatic carbocycles. The lowest BCUT2D eigenvalue weighted by atomic mass is 10.3. The van der Waals surface area contributed by atoms with E-state index in [0.29, 0.717) is 5.75 Å². The summed E-state index contributed by atoms with van der Waals surface area (Å²) in [7, 11) is 1.58. The Hall–Kier alpha value is -1.03. The summed E-state index contributed by atoms with van der Waals surface area (Å²) in [6.45, 7) is 0.0537. The second-order valence-corrected chi connectivity index (χ2v) is 3.33. The first kappa shape index (κ1) is 10.1. The van der Waals surface area contributed by atoms with E-state index in [4.69, 9.17) is 4.74 Å². The highest BCUT2D eigenvalue weighted by atomic mass is 79.9. The summed E-state index contributed by atoms with van der Waals surface area (Å²) in [5.41, 5.74) is 0. The van der Waals surface area contributed by atoms with Gasteiger partial charge in [-0.25, -0.2) is 0 Å². The number of rotatable bonds is 3. The van der Waals surface area contributed by atoms with E-state index in [0.717, 1.165) is 4.47 Å². The van der Waals surface area contributed by atoms with Crippen LogP contribution in [0.3, 0.4) is 0 Å². The molecule has 4 heteroatoms. The number of hydrogen-bond donors (Lipinski definition) is 1. The fourth-order valence-electron chi connectivity index (χ4n) is 0.752. The maximum absolute atomic E-state index is 10.8. The van der Waals surface area contributed by atoms with E-state index >= 15 is 0 Å². The Morgan fingerprint density at radius 2 is 2.08 bits per heavy atom. The molecule has 13 heavy (non-hydrogen) atoms. The summed E-state index contributed by atoms with van der Waals surface area (Å²) in [6, 6.07) is 7.32. The van der Waals surface area contributed by atoms with E-state index in [9.17, 15) is 4.79 Å². The molecule has 0 aliphatic heterocycles. The molecule has 1 aromatic rings. The van der Waals surface area contributed by atoms with Gasteiger partial charge in [0.2, 0.25) is 0 Å². The summed E-state index contributed by atoms with van der Waals surface area (Å²) >= 11 is 3.30. The minimum Gasteiger partial charge on any atom is -0.484 e. The average molecular weight is 244 g/mol. The number of hydrogen-bond acceptors (Lipinski definition) is 2. The van der Waals surface area contributed by atoms with E-state index in [-0.39, 0.29) is 12.5 Å². The zero-order valence-corrected chi connectivity index (χ0v) is 8.80. The van der Waals surface area contributed by atoms with Crippen LogP contribution in [0, 0.1) is 0 Å². The molecule has 0 bridgehead atoms. The van der Waals surface area contributed by atoms with Gasteiger partial charge in [-0.05, 0) is 24.3 Å². The van der Waals surface area contributed by atoms with Crippen molar-refractivity contribution >= 4 is 21.8 Å². The maximum atomic E-state index is 10.8. The van der Waals surface area contributed by atoms with E-state index in [1.807, 2.05) is 12.1 Å². The number of nitrogens with one attached hydrogen (secondary N) is 1. The number of benzene rings is 1. The number of carbonyl (C=O) groups excluding carboxylic acids is 1. The van der Waals surface area contributed by atoms with Crippen LogP contribution in [-0.4, -0.2) is 19.6 Å².